The predicted octanol–water partition coefficient (Wildman–Crippen LogP) is 1.11. The Balaban J connectivity index is 1.91. The monoisotopic (exact) mass is 243 g/mol. The van der Waals surface area contributed by atoms with Crippen molar-refractivity contribution in [2.24, 2.45) is 0 Å². The average Bonchev–Trinajstić information content (AvgIpc) is 2.83. The van der Waals surface area contributed by atoms with Crippen molar-refractivity contribution in [1.29, 1.82) is 0 Å². The fourth-order valence-electron chi connectivity index (χ4n) is 1.61. The number of hydrogen-bond acceptors (Lipinski definition) is 6. The van der Waals surface area contributed by atoms with Crippen LogP contribution in [0.4, 0.5) is 0 Å². The first-order valence-corrected chi connectivity index (χ1v) is 6.55. The zero-order chi connectivity index (χ0) is 11.5. The quantitative estimate of drug-likeness (QED) is 0.825. The van der Waals surface area contributed by atoms with Gasteiger partial charge >= 0.3 is 0 Å². The number of aliphatic hydroxyl groups excluding tert-OH is 1. The SMILES string of the molecule is CC(C)SCc1noc([C@@H]2C[C@@H](O)CN2)n1. The van der Waals surface area contributed by atoms with Crippen LogP contribution < -0.4 is 5.32 Å². The molecule has 0 spiro atoms. The Hall–Kier alpha value is -0.590. The third-order valence-corrected chi connectivity index (χ3v) is 3.53. The molecule has 0 radical (unpaired) electrons. The molecule has 0 aliphatic carbocycles. The highest BCUT2D eigenvalue weighted by atomic mass is 32.2. The lowest BCUT2D eigenvalue weighted by Gasteiger charge is -2.02. The maximum Gasteiger partial charge on any atom is 0.243 e. The van der Waals surface area contributed by atoms with E-state index in [4.69, 9.17) is 4.52 Å². The lowest BCUT2D eigenvalue weighted by molar-refractivity contribution is 0.191. The van der Waals surface area contributed by atoms with Gasteiger partial charge in [-0.15, -0.1) is 0 Å². The highest BCUT2D eigenvalue weighted by Gasteiger charge is 2.27. The van der Waals surface area contributed by atoms with E-state index in [0.717, 1.165) is 11.6 Å². The van der Waals surface area contributed by atoms with Gasteiger partial charge in [-0.05, 0) is 11.7 Å². The van der Waals surface area contributed by atoms with E-state index in [0.29, 0.717) is 24.1 Å². The number of β-amino-alcohol motifs (C(OH)–C–C–N with tert-alkyl or cyclic N) is 1. The van der Waals surface area contributed by atoms with E-state index in [1.807, 2.05) is 0 Å². The van der Waals surface area contributed by atoms with Crippen LogP contribution in [0.25, 0.3) is 0 Å². The Kier molecular flexibility index (Phi) is 3.83. The van der Waals surface area contributed by atoms with Gasteiger partial charge in [0.15, 0.2) is 5.82 Å². The van der Waals surface area contributed by atoms with Crippen LogP contribution in [0.15, 0.2) is 4.52 Å². The summed E-state index contributed by atoms with van der Waals surface area (Å²) in [6.45, 7) is 4.88. The van der Waals surface area contributed by atoms with Crippen LogP contribution in [-0.2, 0) is 5.75 Å². The van der Waals surface area contributed by atoms with Crippen LogP contribution >= 0.6 is 11.8 Å². The fourth-order valence-corrected chi connectivity index (χ4v) is 2.21. The molecule has 1 aliphatic heterocycles. The molecule has 0 unspecified atom stereocenters. The Morgan fingerprint density at radius 1 is 1.62 bits per heavy atom. The maximum atomic E-state index is 9.39. The summed E-state index contributed by atoms with van der Waals surface area (Å²) in [6, 6.07) is 0.0142. The van der Waals surface area contributed by atoms with Gasteiger partial charge in [-0.3, -0.25) is 0 Å². The van der Waals surface area contributed by atoms with E-state index in [-0.39, 0.29) is 12.1 Å². The predicted molar refractivity (Wildman–Crippen MR) is 62.1 cm³/mol. The molecule has 0 amide bonds. The summed E-state index contributed by atoms with van der Waals surface area (Å²) < 4.78 is 5.18. The van der Waals surface area contributed by atoms with Crippen LogP contribution in [0.3, 0.4) is 0 Å². The van der Waals surface area contributed by atoms with E-state index in [2.05, 4.69) is 29.3 Å². The molecule has 1 aromatic heterocycles. The van der Waals surface area contributed by atoms with E-state index in [9.17, 15) is 5.11 Å². The van der Waals surface area contributed by atoms with Crippen LogP contribution in [0, 0.1) is 0 Å². The molecule has 1 saturated heterocycles. The van der Waals surface area contributed by atoms with Gasteiger partial charge in [0.25, 0.3) is 0 Å². The van der Waals surface area contributed by atoms with Gasteiger partial charge < -0.3 is 14.9 Å². The van der Waals surface area contributed by atoms with Crippen molar-refractivity contribution in [3.8, 4) is 0 Å². The molecular weight excluding hydrogens is 226 g/mol. The first-order chi connectivity index (χ1) is 7.65. The van der Waals surface area contributed by atoms with E-state index in [1.54, 1.807) is 11.8 Å². The minimum absolute atomic E-state index is 0.0142. The number of rotatable bonds is 4. The number of thioether (sulfide) groups is 1. The van der Waals surface area contributed by atoms with Gasteiger partial charge in [0.2, 0.25) is 5.89 Å². The van der Waals surface area contributed by atoms with Crippen molar-refractivity contribution in [3.05, 3.63) is 11.7 Å². The van der Waals surface area contributed by atoms with Gasteiger partial charge in [0.05, 0.1) is 17.9 Å². The maximum absolute atomic E-state index is 9.39. The molecule has 5 nitrogen and oxygen atoms in total. The second kappa shape index (κ2) is 5.16. The first-order valence-electron chi connectivity index (χ1n) is 5.50. The summed E-state index contributed by atoms with van der Waals surface area (Å²) in [7, 11) is 0. The number of hydrogen-bond donors (Lipinski definition) is 2. The molecule has 0 aromatic carbocycles. The van der Waals surface area contributed by atoms with Crippen LogP contribution in [0.1, 0.15) is 38.0 Å². The highest BCUT2D eigenvalue weighted by molar-refractivity contribution is 7.99. The van der Waals surface area contributed by atoms with E-state index >= 15 is 0 Å². The second-order valence-corrected chi connectivity index (χ2v) is 5.82. The zero-order valence-corrected chi connectivity index (χ0v) is 10.3. The van der Waals surface area contributed by atoms with Gasteiger partial charge in [-0.2, -0.15) is 16.7 Å². The molecule has 1 fully saturated rings. The smallest absolute Gasteiger partial charge is 0.243 e. The van der Waals surface area contributed by atoms with Gasteiger partial charge in [0.1, 0.15) is 0 Å². The van der Waals surface area contributed by atoms with Gasteiger partial charge in [0, 0.05) is 6.54 Å². The Morgan fingerprint density at radius 2 is 2.44 bits per heavy atom. The lowest BCUT2D eigenvalue weighted by Crippen LogP contribution is -2.15. The Bertz CT molecular complexity index is 343. The Labute approximate surface area is 99.0 Å². The summed E-state index contributed by atoms with van der Waals surface area (Å²) >= 11 is 1.79. The van der Waals surface area contributed by atoms with Crippen molar-refractivity contribution >= 4 is 11.8 Å². The number of aromatic nitrogens is 2. The standard InChI is InChI=1S/C10H17N3O2S/c1-6(2)16-5-9-12-10(15-13-9)8-3-7(14)4-11-8/h6-8,11,14H,3-5H2,1-2H3/t7-,8+/m1/s1. The molecule has 16 heavy (non-hydrogen) atoms. The summed E-state index contributed by atoms with van der Waals surface area (Å²) in [5.41, 5.74) is 0. The summed E-state index contributed by atoms with van der Waals surface area (Å²) in [4.78, 5) is 4.33. The first kappa shape index (κ1) is 11.9. The number of nitrogens with one attached hydrogen (secondary N) is 1. The molecule has 0 bridgehead atoms. The van der Waals surface area contributed by atoms with Gasteiger partial charge in [-0.1, -0.05) is 19.0 Å². The van der Waals surface area contributed by atoms with Gasteiger partial charge in [-0.25, -0.2) is 0 Å². The fraction of sp³-hybridized carbons (Fsp3) is 0.800. The number of nitrogens with zero attached hydrogens (tertiary/aromatic N) is 2. The third-order valence-electron chi connectivity index (χ3n) is 2.44. The molecule has 2 rings (SSSR count). The van der Waals surface area contributed by atoms with E-state index < -0.39 is 0 Å². The largest absolute Gasteiger partial charge is 0.392 e. The molecule has 1 aliphatic rings. The molecule has 90 valence electrons. The number of aliphatic hydroxyl groups is 1. The normalized spacial score (nSPS) is 25.5. The molecule has 1 aromatic rings. The lowest BCUT2D eigenvalue weighted by atomic mass is 10.2. The van der Waals surface area contributed by atoms with E-state index in [1.165, 1.54) is 0 Å². The van der Waals surface area contributed by atoms with Crippen LogP contribution in [0.2, 0.25) is 0 Å². The van der Waals surface area contributed by atoms with Crippen molar-refractivity contribution in [2.75, 3.05) is 6.54 Å². The Morgan fingerprint density at radius 3 is 3.06 bits per heavy atom. The molecule has 2 heterocycles. The second-order valence-electron chi connectivity index (χ2n) is 4.26. The van der Waals surface area contributed by atoms with Crippen LogP contribution in [-0.4, -0.2) is 33.1 Å². The summed E-state index contributed by atoms with van der Waals surface area (Å²) in [6.07, 6.45) is 0.351. The van der Waals surface area contributed by atoms with Crippen molar-refractivity contribution < 1.29 is 9.63 Å². The summed E-state index contributed by atoms with van der Waals surface area (Å²) in [5.74, 6) is 2.10. The molecule has 2 N–H and O–H groups in total. The topological polar surface area (TPSA) is 71.2 Å². The summed E-state index contributed by atoms with van der Waals surface area (Å²) in [5, 5.41) is 17.0. The molecule has 6 heteroatoms. The van der Waals surface area contributed by atoms with Crippen molar-refractivity contribution in [1.82, 2.24) is 15.5 Å². The highest BCUT2D eigenvalue weighted by Crippen LogP contribution is 2.23. The van der Waals surface area contributed by atoms with Crippen LogP contribution in [0.5, 0.6) is 0 Å². The average molecular weight is 243 g/mol. The zero-order valence-electron chi connectivity index (χ0n) is 9.51. The van der Waals surface area contributed by atoms with Crippen molar-refractivity contribution in [2.45, 2.75) is 43.4 Å². The molecular formula is C10H17N3O2S. The molecule has 0 saturated carbocycles. The third kappa shape index (κ3) is 2.96. The molecule has 2 atom stereocenters. The minimum atomic E-state index is -0.301. The van der Waals surface area contributed by atoms with Crippen molar-refractivity contribution in [3.63, 3.8) is 0 Å². The minimum Gasteiger partial charge on any atom is -0.392 e.